The van der Waals surface area contributed by atoms with E-state index in [0.717, 1.165) is 16.9 Å². The first-order chi connectivity index (χ1) is 10.1. The normalized spacial score (nSPS) is 10.5. The van der Waals surface area contributed by atoms with Crippen LogP contribution in [0.1, 0.15) is 0 Å². The smallest absolute Gasteiger partial charge is 0.323 e. The lowest BCUT2D eigenvalue weighted by Gasteiger charge is -2.12. The zero-order valence-corrected chi connectivity index (χ0v) is 11.0. The average molecular weight is 284 g/mol. The Balaban J connectivity index is 1.73. The van der Waals surface area contributed by atoms with Gasteiger partial charge in [-0.2, -0.15) is 0 Å². The van der Waals surface area contributed by atoms with Crippen LogP contribution in [0.3, 0.4) is 0 Å². The van der Waals surface area contributed by atoms with Crippen molar-refractivity contribution in [2.45, 2.75) is 0 Å². The molecule has 2 aromatic carbocycles. The minimum atomic E-state index is -0.291. The molecule has 0 amide bonds. The van der Waals surface area contributed by atoms with Gasteiger partial charge in [-0.15, -0.1) is 0 Å². The largest absolute Gasteiger partial charge is 0.342 e. The highest BCUT2D eigenvalue weighted by Crippen LogP contribution is 2.17. The summed E-state index contributed by atoms with van der Waals surface area (Å²) in [7, 11) is 0. The van der Waals surface area contributed by atoms with Crippen molar-refractivity contribution in [1.82, 2.24) is 9.97 Å². The fraction of sp³-hybridized carbons (Fsp3) is 0. The van der Waals surface area contributed by atoms with Crippen LogP contribution in [-0.2, 0) is 0 Å². The Morgan fingerprint density at radius 3 is 2.33 bits per heavy atom. The van der Waals surface area contributed by atoms with Crippen molar-refractivity contribution >= 4 is 22.4 Å². The Morgan fingerprint density at radius 1 is 0.952 bits per heavy atom. The summed E-state index contributed by atoms with van der Waals surface area (Å²) in [6, 6.07) is 11.4. The highest BCUT2D eigenvalue weighted by atomic mass is 19.1. The summed E-state index contributed by atoms with van der Waals surface area (Å²) in [6.45, 7) is 3.86. The van der Waals surface area contributed by atoms with Crippen LogP contribution >= 0.6 is 0 Å². The number of hydrogen-bond acceptors (Lipinski definition) is 3. The van der Waals surface area contributed by atoms with Crippen LogP contribution in [0.2, 0.25) is 0 Å². The molecule has 5 nitrogen and oxygen atoms in total. The monoisotopic (exact) mass is 284 g/mol. The van der Waals surface area contributed by atoms with Crippen LogP contribution in [0, 0.1) is 5.82 Å². The summed E-state index contributed by atoms with van der Waals surface area (Å²) in [5.41, 5.74) is 2.70. The Bertz CT molecular complexity index is 848. The molecule has 21 heavy (non-hydrogen) atoms. The van der Waals surface area contributed by atoms with Gasteiger partial charge in [-0.1, -0.05) is 6.58 Å². The molecule has 0 aliphatic carbocycles. The van der Waals surface area contributed by atoms with Gasteiger partial charge in [-0.05, 0) is 42.5 Å². The van der Waals surface area contributed by atoms with Crippen molar-refractivity contribution in [3.63, 3.8) is 0 Å². The second kappa shape index (κ2) is 5.16. The molecular weight excluding hydrogens is 271 g/mol. The standard InChI is InChI=1S/C15H13FN4O/c1-9(17-11-4-2-10(16)3-5-11)18-12-6-7-13-14(8-12)20-15(21)19-13/h2-8,17-18H,1H2,(H2,19,20,21). The van der Waals surface area contributed by atoms with Crippen LogP contribution < -0.4 is 16.3 Å². The number of rotatable bonds is 4. The molecule has 0 saturated carbocycles. The molecule has 0 atom stereocenters. The molecule has 3 rings (SSSR count). The van der Waals surface area contributed by atoms with Gasteiger partial charge in [0.1, 0.15) is 11.6 Å². The maximum Gasteiger partial charge on any atom is 0.323 e. The van der Waals surface area contributed by atoms with Crippen molar-refractivity contribution in [3.8, 4) is 0 Å². The number of nitrogens with one attached hydrogen (secondary N) is 4. The predicted octanol–water partition coefficient (Wildman–Crippen LogP) is 2.99. The molecule has 0 fully saturated rings. The quantitative estimate of drug-likeness (QED) is 0.595. The number of anilines is 2. The number of benzene rings is 2. The fourth-order valence-electron chi connectivity index (χ4n) is 2.02. The van der Waals surface area contributed by atoms with Crippen molar-refractivity contribution in [3.05, 3.63) is 71.2 Å². The number of H-pyrrole nitrogens is 2. The molecule has 0 bridgehead atoms. The highest BCUT2D eigenvalue weighted by Gasteiger charge is 2.01. The molecular formula is C15H13FN4O. The zero-order valence-electron chi connectivity index (χ0n) is 11.0. The van der Waals surface area contributed by atoms with E-state index in [9.17, 15) is 9.18 Å². The summed E-state index contributed by atoms with van der Waals surface area (Å²) in [4.78, 5) is 16.6. The van der Waals surface area contributed by atoms with Crippen LogP contribution in [0.15, 0.2) is 59.7 Å². The molecule has 6 heteroatoms. The minimum Gasteiger partial charge on any atom is -0.342 e. The van der Waals surface area contributed by atoms with Gasteiger partial charge in [0.05, 0.1) is 11.0 Å². The van der Waals surface area contributed by atoms with E-state index in [1.165, 1.54) is 12.1 Å². The van der Waals surface area contributed by atoms with E-state index in [4.69, 9.17) is 0 Å². The molecule has 1 aromatic heterocycles. The molecule has 106 valence electrons. The van der Waals surface area contributed by atoms with E-state index in [1.54, 1.807) is 24.3 Å². The first-order valence-electron chi connectivity index (χ1n) is 6.31. The Morgan fingerprint density at radius 2 is 1.57 bits per heavy atom. The minimum absolute atomic E-state index is 0.245. The van der Waals surface area contributed by atoms with E-state index >= 15 is 0 Å². The third kappa shape index (κ3) is 2.94. The Kier molecular flexibility index (Phi) is 3.19. The lowest BCUT2D eigenvalue weighted by atomic mass is 10.2. The molecule has 0 aliphatic heterocycles. The molecule has 1 heterocycles. The summed E-state index contributed by atoms with van der Waals surface area (Å²) in [5.74, 6) is 0.250. The van der Waals surface area contributed by atoms with E-state index in [-0.39, 0.29) is 11.5 Å². The number of halogens is 1. The number of aromatic nitrogens is 2. The van der Waals surface area contributed by atoms with Gasteiger partial charge in [0, 0.05) is 11.4 Å². The van der Waals surface area contributed by atoms with E-state index in [1.807, 2.05) is 6.07 Å². The predicted molar refractivity (Wildman–Crippen MR) is 81.7 cm³/mol. The highest BCUT2D eigenvalue weighted by molar-refractivity contribution is 5.79. The molecule has 3 aromatic rings. The van der Waals surface area contributed by atoms with Gasteiger partial charge < -0.3 is 20.6 Å². The van der Waals surface area contributed by atoms with Gasteiger partial charge >= 0.3 is 5.69 Å². The molecule has 0 aliphatic rings. The van der Waals surface area contributed by atoms with Crippen LogP contribution in [0.5, 0.6) is 0 Å². The van der Waals surface area contributed by atoms with E-state index in [2.05, 4.69) is 27.2 Å². The first-order valence-corrected chi connectivity index (χ1v) is 6.31. The van der Waals surface area contributed by atoms with Gasteiger partial charge in [0.25, 0.3) is 0 Å². The second-order valence-corrected chi connectivity index (χ2v) is 4.57. The number of aromatic amines is 2. The van der Waals surface area contributed by atoms with Gasteiger partial charge in [0.15, 0.2) is 0 Å². The lowest BCUT2D eigenvalue weighted by molar-refractivity contribution is 0.628. The third-order valence-electron chi connectivity index (χ3n) is 2.95. The fourth-order valence-corrected chi connectivity index (χ4v) is 2.02. The molecule has 4 N–H and O–H groups in total. The summed E-state index contributed by atoms with van der Waals surface area (Å²) >= 11 is 0. The average Bonchev–Trinajstić information content (AvgIpc) is 2.80. The van der Waals surface area contributed by atoms with Crippen LogP contribution in [0.4, 0.5) is 15.8 Å². The molecule has 0 unspecified atom stereocenters. The van der Waals surface area contributed by atoms with Crippen molar-refractivity contribution < 1.29 is 4.39 Å². The van der Waals surface area contributed by atoms with Crippen LogP contribution in [-0.4, -0.2) is 9.97 Å². The van der Waals surface area contributed by atoms with Gasteiger partial charge in [-0.3, -0.25) is 0 Å². The molecule has 0 radical (unpaired) electrons. The SMILES string of the molecule is C=C(Nc1ccc(F)cc1)Nc1ccc2[nH]c(=O)[nH]c2c1. The van der Waals surface area contributed by atoms with Gasteiger partial charge in [-0.25, -0.2) is 9.18 Å². The van der Waals surface area contributed by atoms with E-state index in [0.29, 0.717) is 11.3 Å². The van der Waals surface area contributed by atoms with Crippen molar-refractivity contribution in [2.24, 2.45) is 0 Å². The Hall–Kier alpha value is -3.02. The molecule has 0 spiro atoms. The zero-order chi connectivity index (χ0) is 14.8. The summed E-state index contributed by atoms with van der Waals surface area (Å²) in [6.07, 6.45) is 0. The van der Waals surface area contributed by atoms with Gasteiger partial charge in [0.2, 0.25) is 0 Å². The lowest BCUT2D eigenvalue weighted by Crippen LogP contribution is -2.07. The Labute approximate surface area is 119 Å². The summed E-state index contributed by atoms with van der Waals surface area (Å²) < 4.78 is 12.8. The van der Waals surface area contributed by atoms with Crippen molar-refractivity contribution in [2.75, 3.05) is 10.6 Å². The summed E-state index contributed by atoms with van der Waals surface area (Å²) in [5, 5.41) is 6.09. The maximum atomic E-state index is 12.8. The maximum absolute atomic E-state index is 12.8. The number of fused-ring (bicyclic) bond motifs is 1. The number of imidazole rings is 1. The third-order valence-corrected chi connectivity index (χ3v) is 2.95. The topological polar surface area (TPSA) is 72.7 Å². The van der Waals surface area contributed by atoms with Crippen LogP contribution in [0.25, 0.3) is 11.0 Å². The second-order valence-electron chi connectivity index (χ2n) is 4.57. The van der Waals surface area contributed by atoms with E-state index < -0.39 is 0 Å². The molecule has 0 saturated heterocycles. The van der Waals surface area contributed by atoms with Crippen molar-refractivity contribution in [1.29, 1.82) is 0 Å². The number of hydrogen-bond donors (Lipinski definition) is 4. The first kappa shape index (κ1) is 13.0.